The van der Waals surface area contributed by atoms with E-state index in [2.05, 4.69) is 5.32 Å². The zero-order valence-electron chi connectivity index (χ0n) is 11.0. The van der Waals surface area contributed by atoms with Crippen molar-refractivity contribution in [2.75, 3.05) is 18.2 Å². The molecule has 0 heterocycles. The summed E-state index contributed by atoms with van der Waals surface area (Å²) in [5, 5.41) is 3.19. The summed E-state index contributed by atoms with van der Waals surface area (Å²) in [6.45, 7) is 2.59. The molecule has 0 aliphatic carbocycles. The van der Waals surface area contributed by atoms with Crippen molar-refractivity contribution in [3.63, 3.8) is 0 Å². The molecule has 0 saturated carbocycles. The molecule has 0 aliphatic heterocycles. The standard InChI is InChI=1S/C15H17FN2O/c1-10-3-6-15(19-2)11(7-10)9-18-14-5-4-12(16)8-13(14)17/h3-8,18H,9,17H2,1-2H3. The highest BCUT2D eigenvalue weighted by Crippen LogP contribution is 2.23. The fraction of sp³-hybridized carbons (Fsp3) is 0.200. The SMILES string of the molecule is COc1ccc(C)cc1CNc1ccc(F)cc1N. The Morgan fingerprint density at radius 3 is 2.68 bits per heavy atom. The number of methoxy groups -OCH3 is 1. The maximum Gasteiger partial charge on any atom is 0.125 e. The van der Waals surface area contributed by atoms with Gasteiger partial charge in [0.25, 0.3) is 0 Å². The Hall–Kier alpha value is -2.23. The summed E-state index contributed by atoms with van der Waals surface area (Å²) in [5.41, 5.74) is 9.05. The summed E-state index contributed by atoms with van der Waals surface area (Å²) in [7, 11) is 1.64. The number of hydrogen-bond donors (Lipinski definition) is 2. The van der Waals surface area contributed by atoms with Gasteiger partial charge in [0, 0.05) is 12.1 Å². The van der Waals surface area contributed by atoms with Crippen LogP contribution in [0.4, 0.5) is 15.8 Å². The van der Waals surface area contributed by atoms with E-state index >= 15 is 0 Å². The van der Waals surface area contributed by atoms with Gasteiger partial charge in [-0.1, -0.05) is 17.7 Å². The first kappa shape index (κ1) is 13.2. The molecular formula is C15H17FN2O. The molecule has 0 aliphatic rings. The lowest BCUT2D eigenvalue weighted by atomic mass is 10.1. The molecule has 0 spiro atoms. The molecule has 0 fully saturated rings. The second kappa shape index (κ2) is 5.61. The molecule has 0 aromatic heterocycles. The highest BCUT2D eigenvalue weighted by Gasteiger charge is 2.05. The Labute approximate surface area is 112 Å². The predicted molar refractivity (Wildman–Crippen MR) is 75.9 cm³/mol. The molecule has 2 aromatic carbocycles. The van der Waals surface area contributed by atoms with Gasteiger partial charge in [-0.3, -0.25) is 0 Å². The van der Waals surface area contributed by atoms with Crippen LogP contribution in [0.15, 0.2) is 36.4 Å². The van der Waals surface area contributed by atoms with Gasteiger partial charge in [0.2, 0.25) is 0 Å². The highest BCUT2D eigenvalue weighted by molar-refractivity contribution is 5.66. The van der Waals surface area contributed by atoms with Gasteiger partial charge in [-0.25, -0.2) is 4.39 Å². The number of anilines is 2. The largest absolute Gasteiger partial charge is 0.496 e. The number of nitrogen functional groups attached to an aromatic ring is 1. The normalized spacial score (nSPS) is 10.3. The monoisotopic (exact) mass is 260 g/mol. The van der Waals surface area contributed by atoms with Gasteiger partial charge in [-0.05, 0) is 31.2 Å². The molecule has 100 valence electrons. The van der Waals surface area contributed by atoms with E-state index in [1.54, 1.807) is 13.2 Å². The van der Waals surface area contributed by atoms with Gasteiger partial charge in [0.1, 0.15) is 11.6 Å². The number of benzene rings is 2. The molecule has 0 saturated heterocycles. The van der Waals surface area contributed by atoms with Gasteiger partial charge in [-0.2, -0.15) is 0 Å². The first-order valence-electron chi connectivity index (χ1n) is 6.02. The number of rotatable bonds is 4. The molecular weight excluding hydrogens is 243 g/mol. The Morgan fingerprint density at radius 1 is 1.21 bits per heavy atom. The number of hydrogen-bond acceptors (Lipinski definition) is 3. The number of nitrogens with one attached hydrogen (secondary N) is 1. The minimum Gasteiger partial charge on any atom is -0.496 e. The third-order valence-corrected chi connectivity index (χ3v) is 2.92. The zero-order valence-corrected chi connectivity index (χ0v) is 11.0. The second-order valence-electron chi connectivity index (χ2n) is 4.40. The Morgan fingerprint density at radius 2 is 2.00 bits per heavy atom. The second-order valence-corrected chi connectivity index (χ2v) is 4.40. The van der Waals surface area contributed by atoms with E-state index in [-0.39, 0.29) is 5.82 Å². The van der Waals surface area contributed by atoms with Crippen molar-refractivity contribution in [1.82, 2.24) is 0 Å². The van der Waals surface area contributed by atoms with Gasteiger partial charge in [0.15, 0.2) is 0 Å². The lowest BCUT2D eigenvalue weighted by molar-refractivity contribution is 0.410. The first-order valence-corrected chi connectivity index (χ1v) is 6.02. The third kappa shape index (κ3) is 3.16. The third-order valence-electron chi connectivity index (χ3n) is 2.92. The molecule has 0 unspecified atom stereocenters. The fourth-order valence-corrected chi connectivity index (χ4v) is 1.93. The summed E-state index contributed by atoms with van der Waals surface area (Å²) in [5.74, 6) is 0.481. The Balaban J connectivity index is 2.16. The molecule has 2 aromatic rings. The first-order chi connectivity index (χ1) is 9.10. The molecule has 0 atom stereocenters. The van der Waals surface area contributed by atoms with Crippen LogP contribution in [0.3, 0.4) is 0 Å². The molecule has 3 nitrogen and oxygen atoms in total. The van der Waals surface area contributed by atoms with Gasteiger partial charge in [-0.15, -0.1) is 0 Å². The smallest absolute Gasteiger partial charge is 0.125 e. The lowest BCUT2D eigenvalue weighted by Crippen LogP contribution is -2.04. The quantitative estimate of drug-likeness (QED) is 0.829. The Kier molecular flexibility index (Phi) is 3.90. The average Bonchev–Trinajstić information content (AvgIpc) is 2.38. The highest BCUT2D eigenvalue weighted by atomic mass is 19.1. The number of ether oxygens (including phenoxy) is 1. The van der Waals surface area contributed by atoms with Gasteiger partial charge >= 0.3 is 0 Å². The number of nitrogens with two attached hydrogens (primary N) is 1. The summed E-state index contributed by atoms with van der Waals surface area (Å²) in [6.07, 6.45) is 0. The lowest BCUT2D eigenvalue weighted by Gasteiger charge is -2.13. The van der Waals surface area contributed by atoms with Crippen LogP contribution in [0.5, 0.6) is 5.75 Å². The summed E-state index contributed by atoms with van der Waals surface area (Å²) >= 11 is 0. The van der Waals surface area contributed by atoms with Crippen LogP contribution in [-0.4, -0.2) is 7.11 Å². The van der Waals surface area contributed by atoms with Crippen LogP contribution in [-0.2, 0) is 6.54 Å². The van der Waals surface area contributed by atoms with Crippen LogP contribution in [0.2, 0.25) is 0 Å². The van der Waals surface area contributed by atoms with E-state index in [1.807, 2.05) is 25.1 Å². The fourth-order valence-electron chi connectivity index (χ4n) is 1.93. The van der Waals surface area contributed by atoms with E-state index in [4.69, 9.17) is 10.5 Å². The maximum atomic E-state index is 13.0. The predicted octanol–water partition coefficient (Wildman–Crippen LogP) is 3.34. The molecule has 0 amide bonds. The molecule has 19 heavy (non-hydrogen) atoms. The van der Waals surface area contributed by atoms with Gasteiger partial charge in [0.05, 0.1) is 18.5 Å². The van der Waals surface area contributed by atoms with E-state index in [0.29, 0.717) is 17.9 Å². The van der Waals surface area contributed by atoms with Crippen LogP contribution in [0.1, 0.15) is 11.1 Å². The molecule has 0 radical (unpaired) electrons. The van der Waals surface area contributed by atoms with Crippen LogP contribution >= 0.6 is 0 Å². The zero-order chi connectivity index (χ0) is 13.8. The molecule has 0 bridgehead atoms. The van der Waals surface area contributed by atoms with Crippen molar-refractivity contribution in [1.29, 1.82) is 0 Å². The summed E-state index contributed by atoms with van der Waals surface area (Å²) < 4.78 is 18.3. The van der Waals surface area contributed by atoms with E-state index in [0.717, 1.165) is 16.9 Å². The molecule has 3 N–H and O–H groups in total. The maximum absolute atomic E-state index is 13.0. The number of halogens is 1. The number of aryl methyl sites for hydroxylation is 1. The van der Waals surface area contributed by atoms with Crippen molar-refractivity contribution in [2.24, 2.45) is 0 Å². The minimum absolute atomic E-state index is 0.337. The van der Waals surface area contributed by atoms with E-state index < -0.39 is 0 Å². The van der Waals surface area contributed by atoms with Crippen molar-refractivity contribution in [3.05, 3.63) is 53.3 Å². The van der Waals surface area contributed by atoms with Crippen LogP contribution in [0.25, 0.3) is 0 Å². The van der Waals surface area contributed by atoms with E-state index in [9.17, 15) is 4.39 Å². The van der Waals surface area contributed by atoms with Crippen LogP contribution in [0, 0.1) is 12.7 Å². The molecule has 4 heteroatoms. The van der Waals surface area contributed by atoms with Gasteiger partial charge < -0.3 is 15.8 Å². The van der Waals surface area contributed by atoms with Crippen LogP contribution < -0.4 is 15.8 Å². The topological polar surface area (TPSA) is 47.3 Å². The Bertz CT molecular complexity index is 584. The minimum atomic E-state index is -0.337. The van der Waals surface area contributed by atoms with Crippen molar-refractivity contribution in [2.45, 2.75) is 13.5 Å². The van der Waals surface area contributed by atoms with Crippen molar-refractivity contribution >= 4 is 11.4 Å². The average molecular weight is 260 g/mol. The summed E-state index contributed by atoms with van der Waals surface area (Å²) in [4.78, 5) is 0. The van der Waals surface area contributed by atoms with E-state index in [1.165, 1.54) is 12.1 Å². The summed E-state index contributed by atoms with van der Waals surface area (Å²) in [6, 6.07) is 10.3. The van der Waals surface area contributed by atoms with Crippen molar-refractivity contribution < 1.29 is 9.13 Å². The van der Waals surface area contributed by atoms with Crippen molar-refractivity contribution in [3.8, 4) is 5.75 Å². The molecule has 2 rings (SSSR count).